The first-order valence-electron chi connectivity index (χ1n) is 6.12. The Morgan fingerprint density at radius 1 is 1.33 bits per heavy atom. The molecule has 0 unspecified atom stereocenters. The number of pyridine rings is 1. The van der Waals surface area contributed by atoms with Gasteiger partial charge in [0.05, 0.1) is 0 Å². The van der Waals surface area contributed by atoms with Gasteiger partial charge in [-0.2, -0.15) is 0 Å². The lowest BCUT2D eigenvalue weighted by atomic mass is 9.89. The summed E-state index contributed by atoms with van der Waals surface area (Å²) in [6.07, 6.45) is 6.84. The van der Waals surface area contributed by atoms with E-state index in [2.05, 4.69) is 9.71 Å². The van der Waals surface area contributed by atoms with E-state index < -0.39 is 10.0 Å². The molecule has 1 N–H and O–H groups in total. The molecule has 1 fully saturated rings. The van der Waals surface area contributed by atoms with Gasteiger partial charge in [-0.3, -0.25) is 4.98 Å². The van der Waals surface area contributed by atoms with E-state index in [0.29, 0.717) is 12.5 Å². The van der Waals surface area contributed by atoms with Crippen LogP contribution >= 0.6 is 11.6 Å². The maximum Gasteiger partial charge on any atom is 0.242 e. The Kier molecular flexibility index (Phi) is 4.59. The van der Waals surface area contributed by atoms with Crippen molar-refractivity contribution in [1.82, 2.24) is 9.71 Å². The molecule has 0 amide bonds. The molecule has 6 heteroatoms. The smallest absolute Gasteiger partial charge is 0.242 e. The van der Waals surface area contributed by atoms with Gasteiger partial charge in [-0.05, 0) is 43.7 Å². The first-order valence-corrected chi connectivity index (χ1v) is 8.03. The second kappa shape index (κ2) is 5.99. The minimum atomic E-state index is -3.42. The van der Waals surface area contributed by atoms with Crippen molar-refractivity contribution in [3.05, 3.63) is 24.5 Å². The molecule has 100 valence electrons. The van der Waals surface area contributed by atoms with Gasteiger partial charge in [0.25, 0.3) is 0 Å². The predicted octanol–water partition coefficient (Wildman–Crippen LogP) is 2.16. The summed E-state index contributed by atoms with van der Waals surface area (Å²) >= 11 is 6.02. The van der Waals surface area contributed by atoms with Crippen LogP contribution in [0.15, 0.2) is 29.4 Å². The van der Waals surface area contributed by atoms with Crippen LogP contribution in [-0.4, -0.2) is 25.3 Å². The van der Waals surface area contributed by atoms with Gasteiger partial charge in [0.1, 0.15) is 4.90 Å². The van der Waals surface area contributed by atoms with Crippen LogP contribution < -0.4 is 4.72 Å². The fourth-order valence-electron chi connectivity index (χ4n) is 2.14. The minimum Gasteiger partial charge on any atom is -0.263 e. The Hall–Kier alpha value is -0.650. The highest BCUT2D eigenvalue weighted by Gasteiger charge is 2.22. The maximum atomic E-state index is 12.0. The minimum absolute atomic E-state index is 0.219. The second-order valence-corrected chi connectivity index (χ2v) is 7.04. The number of alkyl halides is 1. The summed E-state index contributed by atoms with van der Waals surface area (Å²) in [6.45, 7) is 0.487. The Bertz CT molecular complexity index is 470. The average Bonchev–Trinajstić information content (AvgIpc) is 2.39. The van der Waals surface area contributed by atoms with Crippen molar-refractivity contribution in [3.8, 4) is 0 Å². The quantitative estimate of drug-likeness (QED) is 0.864. The molecule has 0 spiro atoms. The third-order valence-electron chi connectivity index (χ3n) is 3.28. The summed E-state index contributed by atoms with van der Waals surface area (Å²) in [5, 5.41) is 0.260. The lowest BCUT2D eigenvalue weighted by Gasteiger charge is -2.24. The van der Waals surface area contributed by atoms with Gasteiger partial charge >= 0.3 is 0 Å². The number of nitrogens with zero attached hydrogens (tertiary/aromatic N) is 1. The Morgan fingerprint density at radius 3 is 2.67 bits per heavy atom. The van der Waals surface area contributed by atoms with Crippen molar-refractivity contribution in [2.75, 3.05) is 6.54 Å². The van der Waals surface area contributed by atoms with Crippen LogP contribution in [0.4, 0.5) is 0 Å². The third-order valence-corrected chi connectivity index (χ3v) is 5.13. The Balaban J connectivity index is 1.90. The zero-order valence-corrected chi connectivity index (χ0v) is 11.6. The summed E-state index contributed by atoms with van der Waals surface area (Å²) in [4.78, 5) is 4.04. The molecule has 1 aromatic rings. The molecule has 18 heavy (non-hydrogen) atoms. The monoisotopic (exact) mass is 288 g/mol. The highest BCUT2D eigenvalue weighted by molar-refractivity contribution is 7.89. The van der Waals surface area contributed by atoms with Crippen molar-refractivity contribution in [2.24, 2.45) is 5.92 Å². The lowest BCUT2D eigenvalue weighted by Crippen LogP contribution is -2.31. The van der Waals surface area contributed by atoms with E-state index in [1.165, 1.54) is 6.20 Å². The van der Waals surface area contributed by atoms with Crippen molar-refractivity contribution in [2.45, 2.75) is 36.0 Å². The number of rotatable bonds is 4. The number of nitrogens with one attached hydrogen (secondary N) is 1. The number of hydrogen-bond acceptors (Lipinski definition) is 3. The highest BCUT2D eigenvalue weighted by atomic mass is 35.5. The fraction of sp³-hybridized carbons (Fsp3) is 0.583. The molecule has 1 aliphatic rings. The first kappa shape index (κ1) is 13.8. The average molecular weight is 289 g/mol. The van der Waals surface area contributed by atoms with E-state index >= 15 is 0 Å². The molecule has 0 aromatic carbocycles. The van der Waals surface area contributed by atoms with Gasteiger partial charge in [-0.1, -0.05) is 0 Å². The number of aromatic nitrogens is 1. The molecule has 1 aliphatic carbocycles. The molecule has 0 atom stereocenters. The van der Waals surface area contributed by atoms with Crippen LogP contribution in [0.3, 0.4) is 0 Å². The molecule has 0 saturated heterocycles. The van der Waals surface area contributed by atoms with Gasteiger partial charge in [0, 0.05) is 24.3 Å². The van der Waals surface area contributed by atoms with Crippen LogP contribution in [0, 0.1) is 5.92 Å². The largest absolute Gasteiger partial charge is 0.263 e. The summed E-state index contributed by atoms with van der Waals surface area (Å²) in [7, 11) is -3.42. The molecular weight excluding hydrogens is 272 g/mol. The Labute approximate surface area is 113 Å². The molecule has 4 nitrogen and oxygen atoms in total. The lowest BCUT2D eigenvalue weighted by molar-refractivity contribution is 0.361. The van der Waals surface area contributed by atoms with Crippen molar-refractivity contribution < 1.29 is 8.42 Å². The van der Waals surface area contributed by atoms with E-state index in [1.54, 1.807) is 18.3 Å². The van der Waals surface area contributed by atoms with E-state index in [1.807, 2.05) is 0 Å². The van der Waals surface area contributed by atoms with E-state index in [9.17, 15) is 8.42 Å². The molecule has 1 aromatic heterocycles. The summed E-state index contributed by atoms with van der Waals surface area (Å²) in [5.41, 5.74) is 0. The zero-order chi connectivity index (χ0) is 13.0. The summed E-state index contributed by atoms with van der Waals surface area (Å²) in [6, 6.07) is 3.16. The van der Waals surface area contributed by atoms with Gasteiger partial charge in [-0.15, -0.1) is 11.6 Å². The molecule has 0 aliphatic heterocycles. The van der Waals surface area contributed by atoms with Gasteiger partial charge < -0.3 is 0 Å². The SMILES string of the molecule is O=S(=O)(NCC1CCC(Cl)CC1)c1cccnc1. The van der Waals surface area contributed by atoms with Crippen LogP contribution in [0.25, 0.3) is 0 Å². The van der Waals surface area contributed by atoms with Crippen LogP contribution in [0.1, 0.15) is 25.7 Å². The highest BCUT2D eigenvalue weighted by Crippen LogP contribution is 2.27. The third kappa shape index (κ3) is 3.67. The molecular formula is C12H17ClN2O2S. The maximum absolute atomic E-state index is 12.0. The number of hydrogen-bond donors (Lipinski definition) is 1. The molecule has 2 rings (SSSR count). The van der Waals surface area contributed by atoms with E-state index in [0.717, 1.165) is 25.7 Å². The Morgan fingerprint density at radius 2 is 2.06 bits per heavy atom. The summed E-state index contributed by atoms with van der Waals surface area (Å²) < 4.78 is 26.6. The van der Waals surface area contributed by atoms with Crippen LogP contribution in [0.2, 0.25) is 0 Å². The van der Waals surface area contributed by atoms with E-state index in [4.69, 9.17) is 11.6 Å². The van der Waals surface area contributed by atoms with Crippen LogP contribution in [0.5, 0.6) is 0 Å². The fourth-order valence-corrected chi connectivity index (χ4v) is 3.47. The van der Waals surface area contributed by atoms with Gasteiger partial charge in [-0.25, -0.2) is 13.1 Å². The predicted molar refractivity (Wildman–Crippen MR) is 71.0 cm³/mol. The topological polar surface area (TPSA) is 59.1 Å². The van der Waals surface area contributed by atoms with Gasteiger partial charge in [0.15, 0.2) is 0 Å². The zero-order valence-electron chi connectivity index (χ0n) is 10.0. The number of sulfonamides is 1. The van der Waals surface area contributed by atoms with Crippen molar-refractivity contribution in [1.29, 1.82) is 0 Å². The molecule has 0 bridgehead atoms. The summed E-state index contributed by atoms with van der Waals surface area (Å²) in [5.74, 6) is 0.395. The van der Waals surface area contributed by atoms with Gasteiger partial charge in [0.2, 0.25) is 10.0 Å². The van der Waals surface area contributed by atoms with Crippen molar-refractivity contribution in [3.63, 3.8) is 0 Å². The molecule has 1 heterocycles. The first-order chi connectivity index (χ1) is 8.58. The molecule has 1 saturated carbocycles. The van der Waals surface area contributed by atoms with Crippen LogP contribution in [-0.2, 0) is 10.0 Å². The van der Waals surface area contributed by atoms with Crippen molar-refractivity contribution >= 4 is 21.6 Å². The number of halogens is 1. The molecule has 0 radical (unpaired) electrons. The standard InChI is InChI=1S/C12H17ClN2O2S/c13-11-5-3-10(4-6-11)8-15-18(16,17)12-2-1-7-14-9-12/h1-2,7,9-11,15H,3-6,8H2. The van der Waals surface area contributed by atoms with E-state index in [-0.39, 0.29) is 10.3 Å². The normalized spacial score (nSPS) is 24.9. The second-order valence-electron chi connectivity index (χ2n) is 4.66.